The molecule has 0 aromatic heterocycles. The summed E-state index contributed by atoms with van der Waals surface area (Å²) in [6.07, 6.45) is 22.1. The molecule has 156 valence electrons. The maximum Gasteiger partial charge on any atom is 0.331 e. The summed E-state index contributed by atoms with van der Waals surface area (Å²) in [5, 5.41) is 8.89. The van der Waals surface area contributed by atoms with Gasteiger partial charge < -0.3 is 9.64 Å². The van der Waals surface area contributed by atoms with E-state index in [4.69, 9.17) is 11.7 Å². The van der Waals surface area contributed by atoms with E-state index in [0.717, 1.165) is 31.4 Å². The normalized spacial score (nSPS) is 10.4. The number of carbonyl (C=O) groups is 2. The molecule has 0 radical (unpaired) electrons. The maximum absolute atomic E-state index is 12.1. The molecule has 0 saturated heterocycles. The van der Waals surface area contributed by atoms with Gasteiger partial charge in [0.1, 0.15) is 6.54 Å². The minimum atomic E-state index is -0.659. The third-order valence-corrected chi connectivity index (χ3v) is 4.51. The molecule has 0 aromatic rings. The maximum atomic E-state index is 12.1. The summed E-state index contributed by atoms with van der Waals surface area (Å²) in [6.45, 7) is 2.65. The lowest BCUT2D eigenvalue weighted by molar-refractivity contribution is -0.136. The monoisotopic (exact) mass is 388 g/mol. The van der Waals surface area contributed by atoms with Crippen molar-refractivity contribution in [1.29, 1.82) is 5.26 Å². The summed E-state index contributed by atoms with van der Waals surface area (Å²) in [4.78, 5) is 24.8. The molecule has 0 aliphatic heterocycles. The summed E-state index contributed by atoms with van der Waals surface area (Å²) in [5.74, 6) is 1.16. The van der Waals surface area contributed by atoms with Gasteiger partial charge in [0.25, 0.3) is 0 Å². The van der Waals surface area contributed by atoms with Crippen molar-refractivity contribution in [3.8, 4) is 18.4 Å². The zero-order valence-corrected chi connectivity index (χ0v) is 17.5. The van der Waals surface area contributed by atoms with Crippen molar-refractivity contribution in [3.05, 3.63) is 12.2 Å². The highest BCUT2D eigenvalue weighted by molar-refractivity contribution is 5.94. The van der Waals surface area contributed by atoms with Crippen molar-refractivity contribution in [2.75, 3.05) is 19.7 Å². The molecule has 0 heterocycles. The molecule has 0 aromatic carbocycles. The SMILES string of the molecule is C#CCOC(=O)/C=C\C(=O)N(CC#N)CCCCCCCCCCCCCC. The van der Waals surface area contributed by atoms with E-state index in [1.165, 1.54) is 62.7 Å². The van der Waals surface area contributed by atoms with Crippen LogP contribution in [0, 0.1) is 23.7 Å². The van der Waals surface area contributed by atoms with E-state index in [1.807, 2.05) is 6.07 Å². The van der Waals surface area contributed by atoms with Crippen LogP contribution in [0.3, 0.4) is 0 Å². The van der Waals surface area contributed by atoms with Crippen LogP contribution in [0.1, 0.15) is 84.0 Å². The molecule has 1 amide bonds. The third kappa shape index (κ3) is 15.9. The lowest BCUT2D eigenvalue weighted by Gasteiger charge is -2.17. The second-order valence-corrected chi connectivity index (χ2v) is 6.95. The zero-order valence-electron chi connectivity index (χ0n) is 17.5. The summed E-state index contributed by atoms with van der Waals surface area (Å²) in [5.41, 5.74) is 0. The van der Waals surface area contributed by atoms with Crippen LogP contribution in [0.25, 0.3) is 0 Å². The Kier molecular flexibility index (Phi) is 17.9. The van der Waals surface area contributed by atoms with Gasteiger partial charge in [0.2, 0.25) is 5.91 Å². The molecule has 28 heavy (non-hydrogen) atoms. The first-order valence-electron chi connectivity index (χ1n) is 10.6. The molecule has 0 aliphatic rings. The lowest BCUT2D eigenvalue weighted by atomic mass is 10.1. The van der Waals surface area contributed by atoms with Gasteiger partial charge in [-0.1, -0.05) is 83.5 Å². The molecule has 0 bridgehead atoms. The van der Waals surface area contributed by atoms with Gasteiger partial charge in [0.05, 0.1) is 6.07 Å². The molecule has 5 nitrogen and oxygen atoms in total. The van der Waals surface area contributed by atoms with Gasteiger partial charge in [0, 0.05) is 18.7 Å². The minimum absolute atomic E-state index is 0.0145. The summed E-state index contributed by atoms with van der Waals surface area (Å²) < 4.78 is 4.66. The number of hydrogen-bond donors (Lipinski definition) is 0. The first-order valence-corrected chi connectivity index (χ1v) is 10.6. The van der Waals surface area contributed by atoms with Crippen molar-refractivity contribution in [1.82, 2.24) is 4.90 Å². The number of nitrogens with zero attached hydrogens (tertiary/aromatic N) is 2. The average Bonchev–Trinajstić information content (AvgIpc) is 2.70. The third-order valence-electron chi connectivity index (χ3n) is 4.51. The highest BCUT2D eigenvalue weighted by Crippen LogP contribution is 2.12. The Labute approximate surface area is 171 Å². The van der Waals surface area contributed by atoms with Crippen LogP contribution in [0.5, 0.6) is 0 Å². The summed E-state index contributed by atoms with van der Waals surface area (Å²) in [6, 6.07) is 1.99. The van der Waals surface area contributed by atoms with Gasteiger partial charge in [-0.3, -0.25) is 4.79 Å². The second-order valence-electron chi connectivity index (χ2n) is 6.95. The van der Waals surface area contributed by atoms with Gasteiger partial charge in [-0.2, -0.15) is 5.26 Å². The van der Waals surface area contributed by atoms with Crippen molar-refractivity contribution >= 4 is 11.9 Å². The fourth-order valence-corrected chi connectivity index (χ4v) is 2.90. The van der Waals surface area contributed by atoms with Gasteiger partial charge in [-0.15, -0.1) is 6.42 Å². The molecule has 0 N–H and O–H groups in total. The Bertz CT molecular complexity index is 529. The highest BCUT2D eigenvalue weighted by Gasteiger charge is 2.10. The Morgan fingerprint density at radius 3 is 1.96 bits per heavy atom. The smallest absolute Gasteiger partial charge is 0.331 e. The zero-order chi connectivity index (χ0) is 20.9. The summed E-state index contributed by atoms with van der Waals surface area (Å²) >= 11 is 0. The number of rotatable bonds is 17. The number of nitriles is 1. The van der Waals surface area contributed by atoms with E-state index in [0.29, 0.717) is 6.54 Å². The predicted octanol–water partition coefficient (Wildman–Crippen LogP) is 4.77. The predicted molar refractivity (Wildman–Crippen MR) is 112 cm³/mol. The Hall–Kier alpha value is -2.27. The van der Waals surface area contributed by atoms with Gasteiger partial charge >= 0.3 is 5.97 Å². The van der Waals surface area contributed by atoms with Crippen LogP contribution in [-0.2, 0) is 14.3 Å². The number of esters is 1. The van der Waals surface area contributed by atoms with E-state index in [1.54, 1.807) is 0 Å². The Balaban J connectivity index is 3.82. The highest BCUT2D eigenvalue weighted by atomic mass is 16.5. The summed E-state index contributed by atoms with van der Waals surface area (Å²) in [7, 11) is 0. The first kappa shape index (κ1) is 25.7. The minimum Gasteiger partial charge on any atom is -0.449 e. The van der Waals surface area contributed by atoms with E-state index >= 15 is 0 Å². The van der Waals surface area contributed by atoms with Gasteiger partial charge in [-0.05, 0) is 6.42 Å². The Morgan fingerprint density at radius 1 is 0.929 bits per heavy atom. The molecule has 0 fully saturated rings. The van der Waals surface area contributed by atoms with Gasteiger partial charge in [0.15, 0.2) is 6.61 Å². The van der Waals surface area contributed by atoms with Crippen LogP contribution >= 0.6 is 0 Å². The number of carbonyl (C=O) groups excluding carboxylic acids is 2. The molecule has 0 spiro atoms. The van der Waals surface area contributed by atoms with E-state index in [2.05, 4.69) is 17.6 Å². The van der Waals surface area contributed by atoms with Gasteiger partial charge in [-0.25, -0.2) is 4.79 Å². The topological polar surface area (TPSA) is 70.4 Å². The van der Waals surface area contributed by atoms with Crippen LogP contribution in [0.4, 0.5) is 0 Å². The van der Waals surface area contributed by atoms with Crippen LogP contribution < -0.4 is 0 Å². The van der Waals surface area contributed by atoms with E-state index in [-0.39, 0.29) is 19.1 Å². The largest absolute Gasteiger partial charge is 0.449 e. The second kappa shape index (κ2) is 19.5. The molecular formula is C23H36N2O3. The quantitative estimate of drug-likeness (QED) is 0.118. The first-order chi connectivity index (χ1) is 13.7. The lowest BCUT2D eigenvalue weighted by Crippen LogP contribution is -2.31. The Morgan fingerprint density at radius 2 is 1.46 bits per heavy atom. The van der Waals surface area contributed by atoms with Crippen molar-refractivity contribution < 1.29 is 14.3 Å². The standard InChI is InChI=1S/C23H36N2O3/c1-3-5-6-7-8-9-10-11-12-13-14-15-19-25(20-18-24)22(26)16-17-23(27)28-21-4-2/h2,16-17H,3,5-15,19-21H2,1H3/b17-16-. The van der Waals surface area contributed by atoms with Crippen LogP contribution in [-0.4, -0.2) is 36.5 Å². The number of unbranched alkanes of at least 4 members (excludes halogenated alkanes) is 11. The number of terminal acetylenes is 1. The number of hydrogen-bond acceptors (Lipinski definition) is 4. The average molecular weight is 389 g/mol. The molecule has 0 aliphatic carbocycles. The van der Waals surface area contributed by atoms with E-state index < -0.39 is 5.97 Å². The fourth-order valence-electron chi connectivity index (χ4n) is 2.90. The van der Waals surface area contributed by atoms with Crippen molar-refractivity contribution in [3.63, 3.8) is 0 Å². The van der Waals surface area contributed by atoms with Crippen LogP contribution in [0.15, 0.2) is 12.2 Å². The van der Waals surface area contributed by atoms with Crippen molar-refractivity contribution in [2.45, 2.75) is 84.0 Å². The molecular weight excluding hydrogens is 352 g/mol. The molecule has 5 heteroatoms. The molecule has 0 unspecified atom stereocenters. The molecule has 0 rings (SSSR count). The number of ether oxygens (including phenoxy) is 1. The molecule has 0 atom stereocenters. The van der Waals surface area contributed by atoms with E-state index in [9.17, 15) is 9.59 Å². The molecule has 0 saturated carbocycles. The number of amides is 1. The fraction of sp³-hybridized carbons (Fsp3) is 0.696. The van der Waals surface area contributed by atoms with Crippen LogP contribution in [0.2, 0.25) is 0 Å². The van der Waals surface area contributed by atoms with Crippen molar-refractivity contribution in [2.24, 2.45) is 0 Å².